The minimum absolute atomic E-state index is 0.0875. The zero-order valence-electron chi connectivity index (χ0n) is 17.1. The highest BCUT2D eigenvalue weighted by molar-refractivity contribution is 5.98. The maximum absolute atomic E-state index is 13.1. The second-order valence-electron chi connectivity index (χ2n) is 7.24. The fourth-order valence-electron chi connectivity index (χ4n) is 3.39. The predicted octanol–water partition coefficient (Wildman–Crippen LogP) is 3.61. The Bertz CT molecular complexity index is 856. The van der Waals surface area contributed by atoms with Crippen LogP contribution in [0.4, 0.5) is 0 Å². The molecule has 1 aliphatic heterocycles. The van der Waals surface area contributed by atoms with Crippen LogP contribution in [0.15, 0.2) is 42.5 Å². The molecule has 0 saturated carbocycles. The van der Waals surface area contributed by atoms with Crippen LogP contribution in [0.1, 0.15) is 44.7 Å². The third-order valence-corrected chi connectivity index (χ3v) is 5.04. The number of carbonyl (C=O) groups excluding carboxylic acids is 2. The van der Waals surface area contributed by atoms with Gasteiger partial charge in [-0.2, -0.15) is 0 Å². The lowest BCUT2D eigenvalue weighted by Crippen LogP contribution is -2.28. The smallest absolute Gasteiger partial charge is 0.337 e. The van der Waals surface area contributed by atoms with E-state index in [1.807, 2.05) is 37.3 Å². The Kier molecular flexibility index (Phi) is 6.88. The molecule has 6 heteroatoms. The highest BCUT2D eigenvalue weighted by Gasteiger charge is 2.22. The van der Waals surface area contributed by atoms with E-state index in [0.29, 0.717) is 30.0 Å². The lowest BCUT2D eigenvalue weighted by Gasteiger charge is -2.21. The van der Waals surface area contributed by atoms with Gasteiger partial charge in [-0.15, -0.1) is 0 Å². The minimum Gasteiger partial charge on any atom is -0.490 e. The topological polar surface area (TPSA) is 65.1 Å². The number of aryl methyl sites for hydroxylation is 1. The number of benzene rings is 2. The predicted molar refractivity (Wildman–Crippen MR) is 109 cm³/mol. The molecule has 1 heterocycles. The maximum atomic E-state index is 13.1. The highest BCUT2D eigenvalue weighted by Crippen LogP contribution is 2.25. The van der Waals surface area contributed by atoms with Crippen molar-refractivity contribution in [1.29, 1.82) is 0 Å². The van der Waals surface area contributed by atoms with Crippen LogP contribution in [0.25, 0.3) is 0 Å². The van der Waals surface area contributed by atoms with Gasteiger partial charge in [0.05, 0.1) is 24.3 Å². The zero-order chi connectivity index (χ0) is 20.8. The van der Waals surface area contributed by atoms with Crippen LogP contribution in [-0.4, -0.2) is 50.3 Å². The molecule has 1 fully saturated rings. The molecular weight excluding hydrogens is 370 g/mol. The van der Waals surface area contributed by atoms with Crippen molar-refractivity contribution in [1.82, 2.24) is 4.90 Å². The van der Waals surface area contributed by atoms with Gasteiger partial charge in [0.1, 0.15) is 12.4 Å². The molecular formula is C23H27NO5. The summed E-state index contributed by atoms with van der Waals surface area (Å²) in [5.41, 5.74) is 2.84. The SMILES string of the molecule is COC(=O)c1ccc(CN(C)C(=O)c2c(C)cccc2OCC2CCCO2)cc1. The van der Waals surface area contributed by atoms with Crippen molar-refractivity contribution in [2.75, 3.05) is 27.4 Å². The first kappa shape index (κ1) is 20.9. The average Bonchev–Trinajstić information content (AvgIpc) is 3.25. The van der Waals surface area contributed by atoms with Crippen molar-refractivity contribution < 1.29 is 23.8 Å². The normalized spacial score (nSPS) is 15.8. The van der Waals surface area contributed by atoms with Crippen LogP contribution in [0.2, 0.25) is 0 Å². The summed E-state index contributed by atoms with van der Waals surface area (Å²) >= 11 is 0. The van der Waals surface area contributed by atoms with E-state index in [0.717, 1.165) is 30.6 Å². The van der Waals surface area contributed by atoms with Crippen LogP contribution < -0.4 is 4.74 Å². The second-order valence-corrected chi connectivity index (χ2v) is 7.24. The number of hydrogen-bond acceptors (Lipinski definition) is 5. The monoisotopic (exact) mass is 397 g/mol. The maximum Gasteiger partial charge on any atom is 0.337 e. The van der Waals surface area contributed by atoms with Gasteiger partial charge in [0.2, 0.25) is 0 Å². The average molecular weight is 397 g/mol. The van der Waals surface area contributed by atoms with Gasteiger partial charge >= 0.3 is 5.97 Å². The molecule has 1 aliphatic rings. The third-order valence-electron chi connectivity index (χ3n) is 5.04. The number of amides is 1. The van der Waals surface area contributed by atoms with E-state index in [1.54, 1.807) is 24.1 Å². The van der Waals surface area contributed by atoms with Gasteiger partial charge in [-0.25, -0.2) is 4.79 Å². The Balaban J connectivity index is 1.70. The second kappa shape index (κ2) is 9.56. The fourth-order valence-corrected chi connectivity index (χ4v) is 3.39. The summed E-state index contributed by atoms with van der Waals surface area (Å²) in [6, 6.07) is 12.7. The molecule has 154 valence electrons. The van der Waals surface area contributed by atoms with Crippen molar-refractivity contribution in [3.8, 4) is 5.75 Å². The molecule has 1 unspecified atom stereocenters. The van der Waals surface area contributed by atoms with Gasteiger partial charge in [0.25, 0.3) is 5.91 Å². The molecule has 0 aliphatic carbocycles. The van der Waals surface area contributed by atoms with Gasteiger partial charge in [-0.1, -0.05) is 24.3 Å². The number of nitrogens with zero attached hydrogens (tertiary/aromatic N) is 1. The minimum atomic E-state index is -0.381. The first-order chi connectivity index (χ1) is 14.0. The van der Waals surface area contributed by atoms with Crippen LogP contribution >= 0.6 is 0 Å². The van der Waals surface area contributed by atoms with Crippen molar-refractivity contribution in [3.05, 3.63) is 64.7 Å². The molecule has 0 bridgehead atoms. The van der Waals surface area contributed by atoms with E-state index in [-0.39, 0.29) is 18.0 Å². The van der Waals surface area contributed by atoms with Crippen LogP contribution in [0.5, 0.6) is 5.75 Å². The van der Waals surface area contributed by atoms with Gasteiger partial charge < -0.3 is 19.1 Å². The molecule has 0 aromatic heterocycles. The summed E-state index contributed by atoms with van der Waals surface area (Å²) in [6.07, 6.45) is 2.12. The van der Waals surface area contributed by atoms with Crippen LogP contribution in [0.3, 0.4) is 0 Å². The van der Waals surface area contributed by atoms with E-state index in [1.165, 1.54) is 7.11 Å². The summed E-state index contributed by atoms with van der Waals surface area (Å²) < 4.78 is 16.3. The standard InChI is InChI=1S/C23H27NO5/c1-16-6-4-8-20(29-15-19-7-5-13-28-19)21(16)22(25)24(2)14-17-9-11-18(12-10-17)23(26)27-3/h4,6,8-12,19H,5,7,13-15H2,1-3H3. The van der Waals surface area contributed by atoms with Crippen molar-refractivity contribution in [2.45, 2.75) is 32.4 Å². The molecule has 1 saturated heterocycles. The highest BCUT2D eigenvalue weighted by atomic mass is 16.5. The Hall–Kier alpha value is -2.86. The zero-order valence-corrected chi connectivity index (χ0v) is 17.1. The number of esters is 1. The van der Waals surface area contributed by atoms with Crippen molar-refractivity contribution >= 4 is 11.9 Å². The first-order valence-corrected chi connectivity index (χ1v) is 9.76. The van der Waals surface area contributed by atoms with Gasteiger partial charge in [0.15, 0.2) is 0 Å². The number of ether oxygens (including phenoxy) is 3. The van der Waals surface area contributed by atoms with Gasteiger partial charge in [-0.05, 0) is 49.1 Å². The molecule has 0 radical (unpaired) electrons. The Morgan fingerprint density at radius 2 is 1.93 bits per heavy atom. The Labute approximate surface area is 171 Å². The van der Waals surface area contributed by atoms with E-state index in [2.05, 4.69) is 0 Å². The number of hydrogen-bond donors (Lipinski definition) is 0. The molecule has 29 heavy (non-hydrogen) atoms. The van der Waals surface area contributed by atoms with Gasteiger partial charge in [0, 0.05) is 20.2 Å². The molecule has 6 nitrogen and oxygen atoms in total. The van der Waals surface area contributed by atoms with E-state index < -0.39 is 0 Å². The lowest BCUT2D eigenvalue weighted by molar-refractivity contribution is 0.0600. The number of methoxy groups -OCH3 is 1. The van der Waals surface area contributed by atoms with E-state index in [9.17, 15) is 9.59 Å². The van der Waals surface area contributed by atoms with Crippen molar-refractivity contribution in [2.24, 2.45) is 0 Å². The van der Waals surface area contributed by atoms with Crippen LogP contribution in [-0.2, 0) is 16.0 Å². The lowest BCUT2D eigenvalue weighted by atomic mass is 10.1. The summed E-state index contributed by atoms with van der Waals surface area (Å²) in [5, 5.41) is 0. The summed E-state index contributed by atoms with van der Waals surface area (Å²) in [7, 11) is 3.11. The summed E-state index contributed by atoms with van der Waals surface area (Å²) in [6.45, 7) is 3.54. The molecule has 2 aromatic rings. The summed E-state index contributed by atoms with van der Waals surface area (Å²) in [5.74, 6) is 0.0924. The summed E-state index contributed by atoms with van der Waals surface area (Å²) in [4.78, 5) is 26.4. The molecule has 2 aromatic carbocycles. The fraction of sp³-hybridized carbons (Fsp3) is 0.391. The van der Waals surface area contributed by atoms with Gasteiger partial charge in [-0.3, -0.25) is 4.79 Å². The Morgan fingerprint density at radius 3 is 2.59 bits per heavy atom. The number of carbonyl (C=O) groups is 2. The largest absolute Gasteiger partial charge is 0.490 e. The number of rotatable bonds is 7. The molecule has 1 atom stereocenters. The first-order valence-electron chi connectivity index (χ1n) is 9.76. The molecule has 0 spiro atoms. The quantitative estimate of drug-likeness (QED) is 0.668. The van der Waals surface area contributed by atoms with Crippen molar-refractivity contribution in [3.63, 3.8) is 0 Å². The van der Waals surface area contributed by atoms with Crippen LogP contribution in [0, 0.1) is 6.92 Å². The Morgan fingerprint density at radius 1 is 1.17 bits per heavy atom. The van der Waals surface area contributed by atoms with E-state index >= 15 is 0 Å². The van der Waals surface area contributed by atoms with E-state index in [4.69, 9.17) is 14.2 Å². The molecule has 1 amide bonds. The molecule has 0 N–H and O–H groups in total. The third kappa shape index (κ3) is 5.15. The molecule has 3 rings (SSSR count).